The van der Waals surface area contributed by atoms with Crippen LogP contribution in [0.1, 0.15) is 16.7 Å². The summed E-state index contributed by atoms with van der Waals surface area (Å²) >= 11 is 0. The number of hydrogen-bond acceptors (Lipinski definition) is 6. The molecule has 0 atom stereocenters. The van der Waals surface area contributed by atoms with Crippen molar-refractivity contribution in [2.75, 3.05) is 11.5 Å². The fraction of sp³-hybridized carbons (Fsp3) is 0.154. The van der Waals surface area contributed by atoms with Gasteiger partial charge in [0.15, 0.2) is 0 Å². The number of aryl methyl sites for hydroxylation is 2. The molecule has 0 unspecified atom stereocenters. The van der Waals surface area contributed by atoms with E-state index in [2.05, 4.69) is 9.97 Å². The Morgan fingerprint density at radius 3 is 2.42 bits per heavy atom. The third kappa shape index (κ3) is 2.13. The second kappa shape index (κ2) is 4.46. The van der Waals surface area contributed by atoms with Crippen molar-refractivity contribution >= 4 is 11.8 Å². The van der Waals surface area contributed by atoms with Crippen LogP contribution in [0, 0.1) is 25.2 Å². The van der Waals surface area contributed by atoms with Crippen molar-refractivity contribution in [3.63, 3.8) is 0 Å². The summed E-state index contributed by atoms with van der Waals surface area (Å²) in [6, 6.07) is 5.29. The predicted molar refractivity (Wildman–Crippen MR) is 72.1 cm³/mol. The largest absolute Gasteiger partial charge is 0.507 e. The van der Waals surface area contributed by atoms with E-state index >= 15 is 0 Å². The molecule has 96 valence electrons. The van der Waals surface area contributed by atoms with Gasteiger partial charge in [-0.05, 0) is 37.1 Å². The number of aromatic nitrogens is 2. The summed E-state index contributed by atoms with van der Waals surface area (Å²) in [5, 5.41) is 19.2. The molecule has 0 aliphatic rings. The number of aromatic hydroxyl groups is 1. The summed E-state index contributed by atoms with van der Waals surface area (Å²) in [6.07, 6.45) is 0. The third-order valence-corrected chi connectivity index (χ3v) is 2.93. The van der Waals surface area contributed by atoms with Gasteiger partial charge in [-0.1, -0.05) is 0 Å². The molecule has 0 saturated heterocycles. The van der Waals surface area contributed by atoms with Crippen molar-refractivity contribution in [3.05, 3.63) is 28.8 Å². The first kappa shape index (κ1) is 12.6. The van der Waals surface area contributed by atoms with Gasteiger partial charge in [-0.25, -0.2) is 4.98 Å². The summed E-state index contributed by atoms with van der Waals surface area (Å²) in [5.74, 6) is -0.0103. The van der Waals surface area contributed by atoms with E-state index in [9.17, 15) is 5.11 Å². The second-order valence-electron chi connectivity index (χ2n) is 4.26. The molecule has 2 rings (SSSR count). The Kier molecular flexibility index (Phi) is 2.97. The second-order valence-corrected chi connectivity index (χ2v) is 4.26. The van der Waals surface area contributed by atoms with E-state index in [-0.39, 0.29) is 28.8 Å². The molecule has 6 nitrogen and oxygen atoms in total. The molecule has 1 heterocycles. The molecule has 0 amide bonds. The summed E-state index contributed by atoms with van der Waals surface area (Å²) in [6.45, 7) is 3.78. The maximum Gasteiger partial charge on any atom is 0.222 e. The maximum absolute atomic E-state index is 10.0. The van der Waals surface area contributed by atoms with Gasteiger partial charge in [0.05, 0.1) is 5.69 Å². The van der Waals surface area contributed by atoms with Gasteiger partial charge in [0, 0.05) is 5.56 Å². The van der Waals surface area contributed by atoms with Crippen LogP contribution in [0.5, 0.6) is 5.75 Å². The minimum absolute atomic E-state index is 0.00243. The molecular formula is C13H13N5O. The molecular weight excluding hydrogens is 242 g/mol. The summed E-state index contributed by atoms with van der Waals surface area (Å²) in [5.41, 5.74) is 13.9. The Labute approximate surface area is 110 Å². The molecule has 0 spiro atoms. The lowest BCUT2D eigenvalue weighted by atomic mass is 10.0. The minimum Gasteiger partial charge on any atom is -0.507 e. The molecule has 5 N–H and O–H groups in total. The lowest BCUT2D eigenvalue weighted by Gasteiger charge is -2.10. The maximum atomic E-state index is 10.0. The van der Waals surface area contributed by atoms with Crippen LogP contribution >= 0.6 is 0 Å². The highest BCUT2D eigenvalue weighted by Gasteiger charge is 2.16. The highest BCUT2D eigenvalue weighted by atomic mass is 16.3. The van der Waals surface area contributed by atoms with Crippen molar-refractivity contribution in [1.82, 2.24) is 9.97 Å². The van der Waals surface area contributed by atoms with Crippen molar-refractivity contribution in [1.29, 1.82) is 5.26 Å². The fourth-order valence-electron chi connectivity index (χ4n) is 1.79. The Balaban J connectivity index is 2.79. The molecule has 0 aliphatic heterocycles. The first-order valence-electron chi connectivity index (χ1n) is 5.57. The van der Waals surface area contributed by atoms with Gasteiger partial charge in [-0.3, -0.25) is 0 Å². The van der Waals surface area contributed by atoms with Crippen LogP contribution in [0.4, 0.5) is 11.8 Å². The van der Waals surface area contributed by atoms with Gasteiger partial charge in [-0.15, -0.1) is 0 Å². The van der Waals surface area contributed by atoms with Gasteiger partial charge < -0.3 is 16.6 Å². The van der Waals surface area contributed by atoms with E-state index in [1.54, 1.807) is 12.1 Å². The Hall–Kier alpha value is -2.81. The van der Waals surface area contributed by atoms with Crippen LogP contribution in [0.15, 0.2) is 12.1 Å². The number of anilines is 2. The first-order chi connectivity index (χ1) is 8.93. The van der Waals surface area contributed by atoms with Gasteiger partial charge >= 0.3 is 0 Å². The van der Waals surface area contributed by atoms with Gasteiger partial charge in [-0.2, -0.15) is 10.2 Å². The molecule has 0 fully saturated rings. The highest BCUT2D eigenvalue weighted by molar-refractivity contribution is 5.77. The molecule has 1 aromatic heterocycles. The number of nitrogens with zero attached hydrogens (tertiary/aromatic N) is 3. The van der Waals surface area contributed by atoms with Gasteiger partial charge in [0.25, 0.3) is 0 Å². The average molecular weight is 255 g/mol. The van der Waals surface area contributed by atoms with E-state index in [1.807, 2.05) is 19.9 Å². The van der Waals surface area contributed by atoms with E-state index < -0.39 is 0 Å². The van der Waals surface area contributed by atoms with Crippen LogP contribution in [0.2, 0.25) is 0 Å². The summed E-state index contributed by atoms with van der Waals surface area (Å²) in [7, 11) is 0. The van der Waals surface area contributed by atoms with Crippen LogP contribution in [0.25, 0.3) is 11.3 Å². The van der Waals surface area contributed by atoms with Crippen LogP contribution in [0.3, 0.4) is 0 Å². The Morgan fingerprint density at radius 2 is 1.79 bits per heavy atom. The number of benzene rings is 1. The molecule has 0 aliphatic carbocycles. The van der Waals surface area contributed by atoms with E-state index in [4.69, 9.17) is 16.7 Å². The SMILES string of the molecule is Cc1cc(O)c(-c2nc(N)nc(N)c2C#N)cc1C. The quantitative estimate of drug-likeness (QED) is 0.709. The number of phenols is 1. The molecule has 19 heavy (non-hydrogen) atoms. The smallest absolute Gasteiger partial charge is 0.222 e. The standard InChI is InChI=1S/C13H13N5O/c1-6-3-8(10(19)4-7(6)2)11-9(5-14)12(15)18-13(16)17-11/h3-4,19H,1-2H3,(H4,15,16,17,18). The van der Waals surface area contributed by atoms with Crippen molar-refractivity contribution in [2.45, 2.75) is 13.8 Å². The van der Waals surface area contributed by atoms with Crippen molar-refractivity contribution in [3.8, 4) is 23.1 Å². The highest BCUT2D eigenvalue weighted by Crippen LogP contribution is 2.34. The normalized spacial score (nSPS) is 10.2. The average Bonchev–Trinajstić information content (AvgIpc) is 2.33. The zero-order valence-corrected chi connectivity index (χ0v) is 10.6. The predicted octanol–water partition coefficient (Wildman–Crippen LogP) is 1.50. The molecule has 6 heteroatoms. The molecule has 0 bridgehead atoms. The van der Waals surface area contributed by atoms with Gasteiger partial charge in [0.2, 0.25) is 5.95 Å². The van der Waals surface area contributed by atoms with Crippen molar-refractivity contribution in [2.24, 2.45) is 0 Å². The third-order valence-electron chi connectivity index (χ3n) is 2.93. The molecule has 2 aromatic rings. The monoisotopic (exact) mass is 255 g/mol. The van der Waals surface area contributed by atoms with Crippen molar-refractivity contribution < 1.29 is 5.11 Å². The Morgan fingerprint density at radius 1 is 1.16 bits per heavy atom. The van der Waals surface area contributed by atoms with Gasteiger partial charge in [0.1, 0.15) is 23.2 Å². The van der Waals surface area contributed by atoms with Crippen LogP contribution in [-0.2, 0) is 0 Å². The summed E-state index contributed by atoms with van der Waals surface area (Å²) in [4.78, 5) is 7.75. The lowest BCUT2D eigenvalue weighted by molar-refractivity contribution is 0.476. The lowest BCUT2D eigenvalue weighted by Crippen LogP contribution is -2.05. The molecule has 0 radical (unpaired) electrons. The summed E-state index contributed by atoms with van der Waals surface area (Å²) < 4.78 is 0. The Bertz CT molecular complexity index is 703. The zero-order valence-electron chi connectivity index (χ0n) is 10.6. The van der Waals surface area contributed by atoms with E-state index in [0.29, 0.717) is 5.56 Å². The zero-order chi connectivity index (χ0) is 14.2. The number of nitriles is 1. The number of nitrogens with two attached hydrogens (primary N) is 2. The molecule has 1 aromatic carbocycles. The number of rotatable bonds is 1. The first-order valence-corrected chi connectivity index (χ1v) is 5.57. The van der Waals surface area contributed by atoms with Crippen LogP contribution in [-0.4, -0.2) is 15.1 Å². The van der Waals surface area contributed by atoms with E-state index in [0.717, 1.165) is 11.1 Å². The minimum atomic E-state index is -0.0378. The number of hydrogen-bond donors (Lipinski definition) is 3. The number of phenolic OH excluding ortho intramolecular Hbond substituents is 1. The number of nitrogen functional groups attached to an aromatic ring is 2. The molecule has 0 saturated carbocycles. The van der Waals surface area contributed by atoms with E-state index in [1.165, 1.54) is 0 Å². The topological polar surface area (TPSA) is 122 Å². The fourth-order valence-corrected chi connectivity index (χ4v) is 1.79. The van der Waals surface area contributed by atoms with Crippen LogP contribution < -0.4 is 11.5 Å².